The third kappa shape index (κ3) is 6.86. The van der Waals surface area contributed by atoms with E-state index in [1.54, 1.807) is 0 Å². The molecule has 0 heterocycles. The number of guanidine groups is 1. The van der Waals surface area contributed by atoms with Crippen LogP contribution in [0.4, 0.5) is 11.4 Å². The highest BCUT2D eigenvalue weighted by atomic mass is 17.0. The van der Waals surface area contributed by atoms with Gasteiger partial charge in [-0.05, 0) is 12.1 Å². The predicted octanol–water partition coefficient (Wildman–Crippen LogP) is 1.30. The van der Waals surface area contributed by atoms with Crippen molar-refractivity contribution in [3.8, 4) is 11.5 Å². The minimum absolute atomic E-state index is 0.0761. The molecule has 0 aliphatic rings. The molecule has 0 fully saturated rings. The van der Waals surface area contributed by atoms with Gasteiger partial charge in [-0.3, -0.25) is 15.5 Å². The molecular formula is C13H14N6O7+2. The Kier molecular flexibility index (Phi) is 6.93. The minimum atomic E-state index is -0.642. The summed E-state index contributed by atoms with van der Waals surface area (Å²) in [5.41, 5.74) is 8.54. The molecule has 0 saturated carbocycles. The van der Waals surface area contributed by atoms with Crippen LogP contribution in [-0.2, 0) is 0 Å². The van der Waals surface area contributed by atoms with Crippen molar-refractivity contribution in [3.63, 3.8) is 0 Å². The molecule has 2 aromatic rings. The van der Waals surface area contributed by atoms with Gasteiger partial charge in [-0.1, -0.05) is 12.1 Å². The third-order valence-corrected chi connectivity index (χ3v) is 2.43. The zero-order chi connectivity index (χ0) is 19.7. The Morgan fingerprint density at radius 1 is 0.962 bits per heavy atom. The molecule has 0 aromatic heterocycles. The molecule has 136 valence electrons. The summed E-state index contributed by atoms with van der Waals surface area (Å²) in [7, 11) is 0. The SMILES string of the molecule is N=C(N)N.O=[N+](Oc1cccc([N+](=O)[O-])c1)Oc1cccc([N+](=O)O)c1. The van der Waals surface area contributed by atoms with Gasteiger partial charge >= 0.3 is 10.8 Å². The molecule has 0 radical (unpaired) electrons. The van der Waals surface area contributed by atoms with Crippen molar-refractivity contribution >= 4 is 17.3 Å². The maximum atomic E-state index is 11.5. The first-order chi connectivity index (χ1) is 12.2. The highest BCUT2D eigenvalue weighted by Crippen LogP contribution is 2.21. The molecule has 0 atom stereocenters. The molecule has 13 heteroatoms. The number of nitrogens with two attached hydrogens (primary N) is 2. The monoisotopic (exact) mass is 366 g/mol. The average molecular weight is 366 g/mol. The topological polar surface area (TPSA) is 198 Å². The molecule has 0 aliphatic carbocycles. The minimum Gasteiger partial charge on any atom is -0.370 e. The largest absolute Gasteiger partial charge is 0.489 e. The second-order valence-corrected chi connectivity index (χ2v) is 4.39. The van der Waals surface area contributed by atoms with Gasteiger partial charge in [-0.15, -0.1) is 9.68 Å². The Bertz CT molecular complexity index is 776. The Morgan fingerprint density at radius 3 is 1.81 bits per heavy atom. The first-order valence-electron chi connectivity index (χ1n) is 6.62. The van der Waals surface area contributed by atoms with Gasteiger partial charge in [0.15, 0.2) is 5.96 Å². The number of nitrogens with zero attached hydrogens (tertiary/aromatic N) is 3. The van der Waals surface area contributed by atoms with E-state index in [0.717, 1.165) is 12.1 Å². The summed E-state index contributed by atoms with van der Waals surface area (Å²) < 4.78 is 0. The lowest BCUT2D eigenvalue weighted by molar-refractivity contribution is -0.920. The molecular weight excluding hydrogens is 352 g/mol. The van der Waals surface area contributed by atoms with Crippen molar-refractivity contribution in [2.75, 3.05) is 0 Å². The molecule has 6 N–H and O–H groups in total. The lowest BCUT2D eigenvalue weighted by Gasteiger charge is -1.95. The lowest BCUT2D eigenvalue weighted by atomic mass is 10.3. The molecule has 0 saturated heterocycles. The normalized spacial score (nSPS) is 9.23. The average Bonchev–Trinajstić information content (AvgIpc) is 2.54. The summed E-state index contributed by atoms with van der Waals surface area (Å²) in [6.45, 7) is 0. The van der Waals surface area contributed by atoms with Crippen LogP contribution >= 0.6 is 0 Å². The fraction of sp³-hybridized carbons (Fsp3) is 0. The molecule has 0 bridgehead atoms. The van der Waals surface area contributed by atoms with Crippen molar-refractivity contribution in [3.05, 3.63) is 68.5 Å². The number of benzene rings is 2. The standard InChI is InChI=1S/C12H9N3O7.CH5N3/c16-13(17)9-3-1-5-11(7-9)21-15(20)22-12-6-2-4-10(8-12)14(18)19;2-1(3)4/h1-8H,(H,16,17);(H5,2,3,4)/q+2;. The summed E-state index contributed by atoms with van der Waals surface area (Å²) >= 11 is 0. The molecule has 0 spiro atoms. The first kappa shape index (κ1) is 19.8. The highest BCUT2D eigenvalue weighted by Gasteiger charge is 2.21. The van der Waals surface area contributed by atoms with Gasteiger partial charge in [0, 0.05) is 12.1 Å². The number of nitro benzene ring substituents is 1. The van der Waals surface area contributed by atoms with Crippen LogP contribution in [-0.4, -0.2) is 26.1 Å². The van der Waals surface area contributed by atoms with Crippen LogP contribution in [0, 0.1) is 25.3 Å². The van der Waals surface area contributed by atoms with Gasteiger partial charge in [0.05, 0.1) is 22.0 Å². The molecule has 2 aromatic carbocycles. The van der Waals surface area contributed by atoms with Crippen molar-refractivity contribution < 1.29 is 29.8 Å². The van der Waals surface area contributed by atoms with Crippen molar-refractivity contribution in [2.45, 2.75) is 0 Å². The van der Waals surface area contributed by atoms with Crippen molar-refractivity contribution in [1.29, 1.82) is 5.41 Å². The number of nitro groups is 1. The van der Waals surface area contributed by atoms with E-state index in [9.17, 15) is 19.9 Å². The highest BCUT2D eigenvalue weighted by molar-refractivity contribution is 5.71. The third-order valence-electron chi connectivity index (χ3n) is 2.43. The molecule has 0 unspecified atom stereocenters. The Labute approximate surface area is 145 Å². The Morgan fingerprint density at radius 2 is 1.38 bits per heavy atom. The predicted molar refractivity (Wildman–Crippen MR) is 85.6 cm³/mol. The number of hydrogen-bond acceptors (Lipinski definition) is 7. The summed E-state index contributed by atoms with van der Waals surface area (Å²) in [6.07, 6.45) is 0. The maximum absolute atomic E-state index is 11.5. The van der Waals surface area contributed by atoms with Gasteiger partial charge in [-0.2, -0.15) is 0 Å². The summed E-state index contributed by atoms with van der Waals surface area (Å²) in [5.74, 6) is -0.513. The number of hydrogen-bond donors (Lipinski definition) is 4. The fourth-order valence-electron chi connectivity index (χ4n) is 1.50. The van der Waals surface area contributed by atoms with E-state index >= 15 is 0 Å². The van der Waals surface area contributed by atoms with E-state index in [-0.39, 0.29) is 33.9 Å². The van der Waals surface area contributed by atoms with Gasteiger partial charge in [0.2, 0.25) is 11.5 Å². The van der Waals surface area contributed by atoms with E-state index in [4.69, 9.17) is 20.3 Å². The molecule has 26 heavy (non-hydrogen) atoms. The smallest absolute Gasteiger partial charge is 0.370 e. The van der Waals surface area contributed by atoms with E-state index in [1.165, 1.54) is 36.4 Å². The van der Waals surface area contributed by atoms with Gasteiger partial charge in [-0.25, -0.2) is 5.21 Å². The second kappa shape index (κ2) is 9.11. The summed E-state index contributed by atoms with van der Waals surface area (Å²) in [5, 5.41) is 25.1. The van der Waals surface area contributed by atoms with E-state index in [2.05, 4.69) is 11.5 Å². The van der Waals surface area contributed by atoms with Gasteiger partial charge in [0.1, 0.15) is 4.91 Å². The first-order valence-corrected chi connectivity index (χ1v) is 6.62. The van der Waals surface area contributed by atoms with Crippen molar-refractivity contribution in [2.24, 2.45) is 11.5 Å². The van der Waals surface area contributed by atoms with Crippen molar-refractivity contribution in [1.82, 2.24) is 0 Å². The van der Waals surface area contributed by atoms with Crippen LogP contribution in [0.2, 0.25) is 0 Å². The van der Waals surface area contributed by atoms with E-state index < -0.39 is 9.85 Å². The van der Waals surface area contributed by atoms with Crippen LogP contribution in [0.15, 0.2) is 48.5 Å². The van der Waals surface area contributed by atoms with Crippen LogP contribution in [0.3, 0.4) is 0 Å². The molecule has 0 amide bonds. The molecule has 13 nitrogen and oxygen atoms in total. The maximum Gasteiger partial charge on any atom is 0.489 e. The van der Waals surface area contributed by atoms with Crippen LogP contribution < -0.4 is 21.1 Å². The Balaban J connectivity index is 0.000000765. The van der Waals surface area contributed by atoms with Crippen LogP contribution in [0.1, 0.15) is 0 Å². The van der Waals surface area contributed by atoms with E-state index in [1.807, 2.05) is 0 Å². The van der Waals surface area contributed by atoms with Crippen LogP contribution in [0.5, 0.6) is 11.5 Å². The molecule has 0 aliphatic heterocycles. The Hall–Kier alpha value is -4.29. The van der Waals surface area contributed by atoms with Crippen LogP contribution in [0.25, 0.3) is 0 Å². The fourth-order valence-corrected chi connectivity index (χ4v) is 1.50. The van der Waals surface area contributed by atoms with Gasteiger partial charge < -0.3 is 11.5 Å². The number of non-ortho nitro benzene ring substituents is 1. The van der Waals surface area contributed by atoms with Gasteiger partial charge in [0.25, 0.3) is 10.6 Å². The molecule has 2 rings (SSSR count). The lowest BCUT2D eigenvalue weighted by Crippen LogP contribution is -2.20. The zero-order valence-corrected chi connectivity index (χ0v) is 13.0. The number of rotatable bonds is 6. The summed E-state index contributed by atoms with van der Waals surface area (Å²) in [6, 6.07) is 10.0. The number of nitrogens with one attached hydrogen (secondary N) is 1. The summed E-state index contributed by atoms with van der Waals surface area (Å²) in [4.78, 5) is 41.2. The zero-order valence-electron chi connectivity index (χ0n) is 13.0. The quantitative estimate of drug-likeness (QED) is 0.252. The van der Waals surface area contributed by atoms with E-state index in [0.29, 0.717) is 0 Å². The second-order valence-electron chi connectivity index (χ2n) is 4.39.